The summed E-state index contributed by atoms with van der Waals surface area (Å²) in [6.07, 6.45) is 5.77. The topological polar surface area (TPSA) is 144 Å². The van der Waals surface area contributed by atoms with Crippen molar-refractivity contribution in [2.75, 3.05) is 26.7 Å². The Bertz CT molecular complexity index is 1770. The van der Waals surface area contributed by atoms with Gasteiger partial charge in [-0.05, 0) is 92.5 Å². The molecular formula is C39H49N7O3S. The number of amides is 3. The van der Waals surface area contributed by atoms with E-state index in [4.69, 9.17) is 5.73 Å². The summed E-state index contributed by atoms with van der Waals surface area (Å²) in [7, 11) is 1.68. The number of para-hydroxylation sites is 1. The van der Waals surface area contributed by atoms with Crippen LogP contribution in [0.1, 0.15) is 48.8 Å². The fraction of sp³-hybridized carbons (Fsp3) is 0.410. The zero-order valence-corrected chi connectivity index (χ0v) is 29.6. The molecule has 0 aliphatic carbocycles. The van der Waals surface area contributed by atoms with Gasteiger partial charge >= 0.3 is 0 Å². The molecule has 1 saturated heterocycles. The van der Waals surface area contributed by atoms with Crippen molar-refractivity contribution in [3.8, 4) is 0 Å². The summed E-state index contributed by atoms with van der Waals surface area (Å²) in [5.41, 5.74) is 9.83. The van der Waals surface area contributed by atoms with Crippen LogP contribution in [-0.4, -0.2) is 72.4 Å². The fourth-order valence-electron chi connectivity index (χ4n) is 7.11. The molecule has 0 unspecified atom stereocenters. The molecule has 2 aliphatic rings. The number of likely N-dealkylation sites (N-methyl/N-ethyl adjacent to an activating group) is 1. The first-order chi connectivity index (χ1) is 24.4. The van der Waals surface area contributed by atoms with Gasteiger partial charge in [0.1, 0.15) is 12.1 Å². The first-order valence-electron chi connectivity index (χ1n) is 17.8. The van der Waals surface area contributed by atoms with Gasteiger partial charge in [0.2, 0.25) is 17.7 Å². The summed E-state index contributed by atoms with van der Waals surface area (Å²) >= 11 is 1.66. The number of unbranched alkanes of at least 4 members (excludes halogenated alkanes) is 1. The van der Waals surface area contributed by atoms with E-state index in [1.807, 2.05) is 60.8 Å². The molecule has 3 aromatic carbocycles. The molecule has 0 bridgehead atoms. The van der Waals surface area contributed by atoms with Crippen LogP contribution in [0.15, 0.2) is 88.8 Å². The smallest absolute Gasteiger partial charge is 0.245 e. The van der Waals surface area contributed by atoms with Crippen molar-refractivity contribution in [3.63, 3.8) is 0 Å². The highest BCUT2D eigenvalue weighted by Gasteiger charge is 2.36. The van der Waals surface area contributed by atoms with Crippen molar-refractivity contribution < 1.29 is 14.4 Å². The van der Waals surface area contributed by atoms with Gasteiger partial charge in [0.05, 0.1) is 6.04 Å². The van der Waals surface area contributed by atoms with E-state index in [9.17, 15) is 14.4 Å². The SMILES string of the molecule is CN1C(=O)[C@H](CCCCN)NC(=O)[C@H](C2CCNCC2)NCc2ccccc2Sc2ccccc2CNC(=O)[C@@H]1Cc1c[nH]c2ccccc12. The standard InChI is InChI=1S/C39H49N7O3S/c1-46-33(22-29-25-42-31-13-5-4-12-30(29)31)37(47)44-24-28-11-3-7-16-35(28)50-34-15-6-2-10-27(34)23-43-36(26-17-20-41-21-18-26)38(48)45-32(39(46)49)14-8-9-19-40/h2-7,10-13,15-16,25-26,32-33,36,41-43H,8-9,14,17-24,40H2,1H3,(H,44,47)(H,45,48)/t32-,33-,36-/m0/s1. The Morgan fingerprint density at radius 3 is 2.26 bits per heavy atom. The van der Waals surface area contributed by atoms with Gasteiger partial charge in [0, 0.05) is 53.4 Å². The molecule has 0 spiro atoms. The number of carbonyl (C=O) groups is 3. The van der Waals surface area contributed by atoms with Gasteiger partial charge < -0.3 is 36.9 Å². The van der Waals surface area contributed by atoms with E-state index >= 15 is 0 Å². The molecule has 4 aromatic rings. The first kappa shape index (κ1) is 35.7. The largest absolute Gasteiger partial charge is 0.361 e. The number of benzene rings is 3. The van der Waals surface area contributed by atoms with E-state index in [-0.39, 0.29) is 23.6 Å². The van der Waals surface area contributed by atoms with Crippen LogP contribution in [-0.2, 0) is 33.9 Å². The normalized spacial score (nSPS) is 21.6. The third-order valence-corrected chi connectivity index (χ3v) is 11.3. The Hall–Kier alpha value is -4.16. The molecule has 3 amide bonds. The van der Waals surface area contributed by atoms with Gasteiger partial charge in [-0.25, -0.2) is 0 Å². The van der Waals surface area contributed by atoms with Crippen LogP contribution in [0.2, 0.25) is 0 Å². The molecule has 50 heavy (non-hydrogen) atoms. The Labute approximate surface area is 298 Å². The van der Waals surface area contributed by atoms with Crippen LogP contribution in [0, 0.1) is 5.92 Å². The number of aromatic nitrogens is 1. The molecule has 3 heterocycles. The van der Waals surface area contributed by atoms with Crippen LogP contribution < -0.4 is 27.0 Å². The van der Waals surface area contributed by atoms with Gasteiger partial charge in [-0.15, -0.1) is 0 Å². The minimum atomic E-state index is -0.815. The van der Waals surface area contributed by atoms with Crippen molar-refractivity contribution in [1.29, 1.82) is 0 Å². The summed E-state index contributed by atoms with van der Waals surface area (Å²) in [5, 5.41) is 14.4. The van der Waals surface area contributed by atoms with Gasteiger partial charge in [-0.2, -0.15) is 0 Å². The molecule has 1 fully saturated rings. The number of piperidine rings is 1. The van der Waals surface area contributed by atoms with Gasteiger partial charge in [-0.1, -0.05) is 66.4 Å². The van der Waals surface area contributed by atoms with Crippen LogP contribution >= 0.6 is 11.8 Å². The van der Waals surface area contributed by atoms with Crippen molar-refractivity contribution in [3.05, 3.63) is 95.7 Å². The third kappa shape index (κ3) is 8.58. The lowest BCUT2D eigenvalue weighted by atomic mass is 9.89. The summed E-state index contributed by atoms with van der Waals surface area (Å²) in [4.78, 5) is 50.0. The highest BCUT2D eigenvalue weighted by atomic mass is 32.2. The van der Waals surface area contributed by atoms with E-state index in [2.05, 4.69) is 44.5 Å². The Kier molecular flexibility index (Phi) is 12.2. The predicted octanol–water partition coefficient (Wildman–Crippen LogP) is 4.09. The molecular weight excluding hydrogens is 647 g/mol. The number of aromatic amines is 1. The second-order valence-corrected chi connectivity index (χ2v) is 14.4. The highest BCUT2D eigenvalue weighted by molar-refractivity contribution is 7.99. The molecule has 11 heteroatoms. The lowest BCUT2D eigenvalue weighted by Crippen LogP contribution is -2.58. The number of rotatable bonds is 7. The number of nitrogens with one attached hydrogen (secondary N) is 5. The Morgan fingerprint density at radius 2 is 1.52 bits per heavy atom. The molecule has 2 aliphatic heterocycles. The van der Waals surface area contributed by atoms with Crippen LogP contribution in [0.3, 0.4) is 0 Å². The number of hydrogen-bond donors (Lipinski definition) is 6. The lowest BCUT2D eigenvalue weighted by molar-refractivity contribution is -0.142. The summed E-state index contributed by atoms with van der Waals surface area (Å²) in [6, 6.07) is 22.2. The van der Waals surface area contributed by atoms with E-state index < -0.39 is 18.1 Å². The van der Waals surface area contributed by atoms with Crippen molar-refractivity contribution in [2.24, 2.45) is 11.7 Å². The summed E-state index contributed by atoms with van der Waals surface area (Å²) in [5.74, 6) is -0.618. The molecule has 0 saturated carbocycles. The molecule has 264 valence electrons. The molecule has 7 N–H and O–H groups in total. The van der Waals surface area contributed by atoms with Crippen LogP contribution in [0.25, 0.3) is 10.9 Å². The Balaban J connectivity index is 1.38. The zero-order valence-electron chi connectivity index (χ0n) is 28.8. The van der Waals surface area contributed by atoms with E-state index in [0.717, 1.165) is 69.7 Å². The van der Waals surface area contributed by atoms with E-state index in [1.165, 1.54) is 4.90 Å². The predicted molar refractivity (Wildman–Crippen MR) is 198 cm³/mol. The molecule has 3 atom stereocenters. The number of hydrogen-bond acceptors (Lipinski definition) is 7. The summed E-state index contributed by atoms with van der Waals surface area (Å²) < 4.78 is 0. The maximum Gasteiger partial charge on any atom is 0.245 e. The third-order valence-electron chi connectivity index (χ3n) is 10.0. The summed E-state index contributed by atoms with van der Waals surface area (Å²) in [6.45, 7) is 2.98. The minimum Gasteiger partial charge on any atom is -0.361 e. The van der Waals surface area contributed by atoms with Crippen molar-refractivity contribution in [2.45, 2.75) is 79.5 Å². The first-order valence-corrected chi connectivity index (χ1v) is 18.6. The van der Waals surface area contributed by atoms with Crippen LogP contribution in [0.5, 0.6) is 0 Å². The van der Waals surface area contributed by atoms with Crippen LogP contribution in [0.4, 0.5) is 0 Å². The average molecular weight is 696 g/mol. The zero-order chi connectivity index (χ0) is 34.9. The van der Waals surface area contributed by atoms with Crippen molar-refractivity contribution >= 4 is 40.4 Å². The van der Waals surface area contributed by atoms with Gasteiger partial charge in [-0.3, -0.25) is 14.4 Å². The van der Waals surface area contributed by atoms with Crippen molar-refractivity contribution in [1.82, 2.24) is 31.2 Å². The number of fused-ring (bicyclic) bond motifs is 3. The number of nitrogens with two attached hydrogens (primary N) is 1. The lowest BCUT2D eigenvalue weighted by Gasteiger charge is -2.34. The molecule has 1 aromatic heterocycles. The number of nitrogens with zero attached hydrogens (tertiary/aromatic N) is 1. The quantitative estimate of drug-likeness (QED) is 0.160. The molecule has 6 rings (SSSR count). The fourth-order valence-corrected chi connectivity index (χ4v) is 8.19. The minimum absolute atomic E-state index is 0.108. The maximum absolute atomic E-state index is 14.5. The van der Waals surface area contributed by atoms with E-state index in [0.29, 0.717) is 38.9 Å². The maximum atomic E-state index is 14.5. The molecule has 10 nitrogen and oxygen atoms in total. The highest BCUT2D eigenvalue weighted by Crippen LogP contribution is 2.33. The Morgan fingerprint density at radius 1 is 0.840 bits per heavy atom. The van der Waals surface area contributed by atoms with Gasteiger partial charge in [0.25, 0.3) is 0 Å². The average Bonchev–Trinajstić information content (AvgIpc) is 3.56. The van der Waals surface area contributed by atoms with Gasteiger partial charge in [0.15, 0.2) is 0 Å². The monoisotopic (exact) mass is 695 g/mol. The number of H-pyrrole nitrogens is 1. The van der Waals surface area contributed by atoms with E-state index in [1.54, 1.807) is 18.8 Å². The number of carbonyl (C=O) groups excluding carboxylic acids is 3. The second-order valence-electron chi connectivity index (χ2n) is 13.4. The second kappa shape index (κ2) is 17.2. The molecule has 0 radical (unpaired) electrons.